The van der Waals surface area contributed by atoms with E-state index in [9.17, 15) is 8.42 Å². The molecule has 0 saturated heterocycles. The van der Waals surface area contributed by atoms with Crippen LogP contribution < -0.4 is 0 Å². The van der Waals surface area contributed by atoms with Gasteiger partial charge in [-0.15, -0.1) is 0 Å². The van der Waals surface area contributed by atoms with Crippen LogP contribution in [-0.4, -0.2) is 19.2 Å². The Hall–Kier alpha value is -1.68. The second kappa shape index (κ2) is 7.36. The van der Waals surface area contributed by atoms with E-state index in [0.29, 0.717) is 0 Å². The van der Waals surface area contributed by atoms with Crippen LogP contribution in [0.2, 0.25) is 0 Å². The molecule has 1 atom stereocenters. The predicted molar refractivity (Wildman–Crippen MR) is 85.0 cm³/mol. The molecule has 4 heteroatoms. The van der Waals surface area contributed by atoms with Crippen LogP contribution >= 0.6 is 0 Å². The standard InChI is InChI=1S/C17H21NO2S/c1-2-3-9-16(15-10-5-4-6-11-15)14-21(19,20)17-12-7-8-13-18-17/h4-8,10-13,16H,2-3,9,14H2,1H3. The molecular formula is C17H21NO2S. The van der Waals surface area contributed by atoms with Gasteiger partial charge in [-0.3, -0.25) is 0 Å². The molecular weight excluding hydrogens is 282 g/mol. The maximum atomic E-state index is 12.5. The SMILES string of the molecule is CCCCC(CS(=O)(=O)c1ccccn1)c1ccccc1. The van der Waals surface area contributed by atoms with Crippen molar-refractivity contribution in [1.29, 1.82) is 0 Å². The monoisotopic (exact) mass is 303 g/mol. The highest BCUT2D eigenvalue weighted by Crippen LogP contribution is 2.26. The summed E-state index contributed by atoms with van der Waals surface area (Å²) in [5.74, 6) is 0.145. The first-order chi connectivity index (χ1) is 10.1. The number of pyridine rings is 1. The average molecular weight is 303 g/mol. The fraction of sp³-hybridized carbons (Fsp3) is 0.353. The molecule has 0 bridgehead atoms. The lowest BCUT2D eigenvalue weighted by molar-refractivity contribution is 0.569. The summed E-state index contributed by atoms with van der Waals surface area (Å²) in [6, 6.07) is 14.9. The molecule has 2 aromatic rings. The molecule has 0 radical (unpaired) electrons. The van der Waals surface area contributed by atoms with Gasteiger partial charge in [0.1, 0.15) is 0 Å². The second-order valence-corrected chi connectivity index (χ2v) is 7.18. The van der Waals surface area contributed by atoms with E-state index in [2.05, 4.69) is 11.9 Å². The van der Waals surface area contributed by atoms with Crippen LogP contribution in [0, 0.1) is 0 Å². The molecule has 21 heavy (non-hydrogen) atoms. The highest BCUT2D eigenvalue weighted by Gasteiger charge is 2.23. The lowest BCUT2D eigenvalue weighted by Crippen LogP contribution is -2.16. The first-order valence-electron chi connectivity index (χ1n) is 7.32. The largest absolute Gasteiger partial charge is 0.245 e. The van der Waals surface area contributed by atoms with Gasteiger partial charge in [-0.05, 0) is 30.0 Å². The summed E-state index contributed by atoms with van der Waals surface area (Å²) in [6.07, 6.45) is 4.49. The fourth-order valence-corrected chi connectivity index (χ4v) is 3.97. The van der Waals surface area contributed by atoms with Crippen molar-refractivity contribution >= 4 is 9.84 Å². The molecule has 0 fully saturated rings. The third kappa shape index (κ3) is 4.39. The van der Waals surface area contributed by atoms with E-state index in [1.807, 2.05) is 30.3 Å². The fourth-order valence-electron chi connectivity index (χ4n) is 2.40. The van der Waals surface area contributed by atoms with E-state index in [0.717, 1.165) is 24.8 Å². The third-order valence-electron chi connectivity index (χ3n) is 3.55. The lowest BCUT2D eigenvalue weighted by Gasteiger charge is -2.17. The minimum Gasteiger partial charge on any atom is -0.245 e. The van der Waals surface area contributed by atoms with Crippen LogP contribution in [0.4, 0.5) is 0 Å². The molecule has 0 spiro atoms. The van der Waals surface area contributed by atoms with Gasteiger partial charge in [-0.1, -0.05) is 56.2 Å². The summed E-state index contributed by atoms with van der Waals surface area (Å²) in [5.41, 5.74) is 1.09. The number of unbranched alkanes of at least 4 members (excludes halogenated alkanes) is 1. The van der Waals surface area contributed by atoms with E-state index in [4.69, 9.17) is 0 Å². The van der Waals surface area contributed by atoms with E-state index in [1.54, 1.807) is 18.2 Å². The minimum atomic E-state index is -3.35. The van der Waals surface area contributed by atoms with Gasteiger partial charge in [0.2, 0.25) is 0 Å². The predicted octanol–water partition coefficient (Wildman–Crippen LogP) is 3.83. The normalized spacial score (nSPS) is 13.0. The first kappa shape index (κ1) is 15.7. The average Bonchev–Trinajstić information content (AvgIpc) is 2.53. The highest BCUT2D eigenvalue weighted by atomic mass is 32.2. The third-order valence-corrected chi connectivity index (χ3v) is 5.27. The zero-order chi connectivity index (χ0) is 15.1. The summed E-state index contributed by atoms with van der Waals surface area (Å²) in [6.45, 7) is 2.12. The molecule has 0 aliphatic heterocycles. The van der Waals surface area contributed by atoms with Gasteiger partial charge in [0.15, 0.2) is 14.9 Å². The van der Waals surface area contributed by atoms with E-state index in [1.165, 1.54) is 6.20 Å². The molecule has 0 amide bonds. The Morgan fingerprint density at radius 1 is 1.05 bits per heavy atom. The molecule has 2 rings (SSSR count). The Labute approximate surface area is 127 Å². The molecule has 3 nitrogen and oxygen atoms in total. The maximum absolute atomic E-state index is 12.5. The summed E-state index contributed by atoms with van der Waals surface area (Å²) >= 11 is 0. The summed E-state index contributed by atoms with van der Waals surface area (Å²) in [5, 5.41) is 0.169. The van der Waals surface area contributed by atoms with Crippen molar-refractivity contribution in [1.82, 2.24) is 4.98 Å². The van der Waals surface area contributed by atoms with Gasteiger partial charge in [-0.25, -0.2) is 13.4 Å². The molecule has 0 aliphatic rings. The second-order valence-electron chi connectivity index (χ2n) is 5.20. The van der Waals surface area contributed by atoms with Crippen molar-refractivity contribution in [2.24, 2.45) is 0 Å². The molecule has 1 aromatic heterocycles. The molecule has 1 unspecified atom stereocenters. The first-order valence-corrected chi connectivity index (χ1v) is 8.97. The Morgan fingerprint density at radius 3 is 2.38 bits per heavy atom. The minimum absolute atomic E-state index is 0.0261. The van der Waals surface area contributed by atoms with Crippen LogP contribution in [0.1, 0.15) is 37.7 Å². The Bertz CT molecular complexity index is 639. The summed E-state index contributed by atoms with van der Waals surface area (Å²) < 4.78 is 25.0. The number of nitrogens with zero attached hydrogens (tertiary/aromatic N) is 1. The maximum Gasteiger partial charge on any atom is 0.196 e. The number of aromatic nitrogens is 1. The van der Waals surface area contributed by atoms with E-state index >= 15 is 0 Å². The van der Waals surface area contributed by atoms with Crippen molar-refractivity contribution < 1.29 is 8.42 Å². The molecule has 0 saturated carbocycles. The van der Waals surface area contributed by atoms with Crippen LogP contribution in [0.15, 0.2) is 59.8 Å². The lowest BCUT2D eigenvalue weighted by atomic mass is 9.95. The highest BCUT2D eigenvalue weighted by molar-refractivity contribution is 7.91. The number of rotatable bonds is 7. The van der Waals surface area contributed by atoms with Crippen molar-refractivity contribution in [2.75, 3.05) is 5.75 Å². The number of sulfone groups is 1. The quantitative estimate of drug-likeness (QED) is 0.781. The molecule has 0 N–H and O–H groups in total. The van der Waals surface area contributed by atoms with Crippen LogP contribution in [0.5, 0.6) is 0 Å². The summed E-state index contributed by atoms with van der Waals surface area (Å²) in [7, 11) is -3.35. The van der Waals surface area contributed by atoms with Crippen molar-refractivity contribution in [3.8, 4) is 0 Å². The summed E-state index contributed by atoms with van der Waals surface area (Å²) in [4.78, 5) is 3.99. The Morgan fingerprint density at radius 2 is 1.76 bits per heavy atom. The van der Waals surface area contributed by atoms with Gasteiger partial charge < -0.3 is 0 Å². The van der Waals surface area contributed by atoms with E-state index < -0.39 is 9.84 Å². The van der Waals surface area contributed by atoms with Gasteiger partial charge in [0.25, 0.3) is 0 Å². The van der Waals surface area contributed by atoms with Crippen molar-refractivity contribution in [2.45, 2.75) is 37.1 Å². The zero-order valence-electron chi connectivity index (χ0n) is 12.3. The molecule has 0 aliphatic carbocycles. The van der Waals surface area contributed by atoms with Crippen molar-refractivity contribution in [3.63, 3.8) is 0 Å². The smallest absolute Gasteiger partial charge is 0.196 e. The van der Waals surface area contributed by atoms with Crippen LogP contribution in [0.25, 0.3) is 0 Å². The molecule has 112 valence electrons. The zero-order valence-corrected chi connectivity index (χ0v) is 13.1. The topological polar surface area (TPSA) is 47.0 Å². The van der Waals surface area contributed by atoms with Gasteiger partial charge >= 0.3 is 0 Å². The van der Waals surface area contributed by atoms with Gasteiger partial charge in [-0.2, -0.15) is 0 Å². The Kier molecular flexibility index (Phi) is 5.51. The van der Waals surface area contributed by atoms with Crippen molar-refractivity contribution in [3.05, 3.63) is 60.3 Å². The number of benzene rings is 1. The van der Waals surface area contributed by atoms with Crippen LogP contribution in [-0.2, 0) is 9.84 Å². The van der Waals surface area contributed by atoms with Crippen LogP contribution in [0.3, 0.4) is 0 Å². The van der Waals surface area contributed by atoms with E-state index in [-0.39, 0.29) is 16.7 Å². The number of hydrogen-bond donors (Lipinski definition) is 0. The van der Waals surface area contributed by atoms with Gasteiger partial charge in [0.05, 0.1) is 5.75 Å². The van der Waals surface area contributed by atoms with Gasteiger partial charge in [0, 0.05) is 6.20 Å². The Balaban J connectivity index is 2.23. The molecule has 1 aromatic carbocycles. The molecule has 1 heterocycles. The number of hydrogen-bond acceptors (Lipinski definition) is 3.